The Morgan fingerprint density at radius 1 is 1.00 bits per heavy atom. The highest BCUT2D eigenvalue weighted by molar-refractivity contribution is 5.76. The molecule has 0 aliphatic carbocycles. The molecule has 5 heteroatoms. The van der Waals surface area contributed by atoms with Crippen LogP contribution in [0.15, 0.2) is 54.9 Å². The molecule has 0 unspecified atom stereocenters. The molecule has 1 amide bonds. The number of pyridine rings is 1. The Labute approximate surface area is 142 Å². The molecule has 0 radical (unpaired) electrons. The number of benzene rings is 1. The van der Waals surface area contributed by atoms with Crippen LogP contribution in [0.25, 0.3) is 0 Å². The number of hydrogen-bond donors (Lipinski definition) is 0. The monoisotopic (exact) mass is 325 g/mol. The normalized spacial score (nSPS) is 14.5. The smallest absolute Gasteiger partial charge is 0.222 e. The first-order valence-electron chi connectivity index (χ1n) is 8.43. The van der Waals surface area contributed by atoms with Gasteiger partial charge >= 0.3 is 0 Å². The van der Waals surface area contributed by atoms with Crippen molar-refractivity contribution in [1.29, 1.82) is 0 Å². The van der Waals surface area contributed by atoms with Gasteiger partial charge < -0.3 is 14.5 Å². The second-order valence-electron chi connectivity index (χ2n) is 5.84. The lowest BCUT2D eigenvalue weighted by Gasteiger charge is -2.36. The Morgan fingerprint density at radius 3 is 2.42 bits per heavy atom. The van der Waals surface area contributed by atoms with E-state index in [1.807, 2.05) is 47.4 Å². The van der Waals surface area contributed by atoms with E-state index >= 15 is 0 Å². The Balaban J connectivity index is 1.36. The van der Waals surface area contributed by atoms with Crippen LogP contribution in [0.5, 0.6) is 5.75 Å². The molecule has 1 saturated heterocycles. The van der Waals surface area contributed by atoms with Crippen LogP contribution in [0.4, 0.5) is 5.69 Å². The number of rotatable bonds is 6. The number of para-hydroxylation sites is 1. The topological polar surface area (TPSA) is 45.7 Å². The number of piperazine rings is 1. The molecular weight excluding hydrogens is 302 g/mol. The van der Waals surface area contributed by atoms with E-state index in [9.17, 15) is 4.79 Å². The second-order valence-corrected chi connectivity index (χ2v) is 5.84. The van der Waals surface area contributed by atoms with Crippen LogP contribution in [0.1, 0.15) is 12.8 Å². The van der Waals surface area contributed by atoms with Crippen molar-refractivity contribution in [3.05, 3.63) is 54.9 Å². The third kappa shape index (κ3) is 4.47. The molecule has 126 valence electrons. The molecule has 24 heavy (non-hydrogen) atoms. The lowest BCUT2D eigenvalue weighted by Crippen LogP contribution is -2.48. The van der Waals surface area contributed by atoms with E-state index < -0.39 is 0 Å². The molecule has 5 nitrogen and oxygen atoms in total. The highest BCUT2D eigenvalue weighted by Crippen LogP contribution is 2.15. The largest absolute Gasteiger partial charge is 0.494 e. The average Bonchev–Trinajstić information content (AvgIpc) is 2.67. The van der Waals surface area contributed by atoms with Crippen LogP contribution < -0.4 is 9.64 Å². The van der Waals surface area contributed by atoms with Crippen LogP contribution in [0, 0.1) is 0 Å². The van der Waals surface area contributed by atoms with Gasteiger partial charge in [0.2, 0.25) is 5.91 Å². The summed E-state index contributed by atoms with van der Waals surface area (Å²) in [7, 11) is 0. The average molecular weight is 325 g/mol. The molecule has 0 atom stereocenters. The van der Waals surface area contributed by atoms with Gasteiger partial charge in [-0.1, -0.05) is 18.2 Å². The summed E-state index contributed by atoms with van der Waals surface area (Å²) in [6.45, 7) is 3.88. The molecule has 1 aliphatic rings. The van der Waals surface area contributed by atoms with E-state index in [4.69, 9.17) is 4.74 Å². The maximum absolute atomic E-state index is 12.3. The van der Waals surface area contributed by atoms with Crippen LogP contribution >= 0.6 is 0 Å². The van der Waals surface area contributed by atoms with Crippen molar-refractivity contribution in [1.82, 2.24) is 9.88 Å². The van der Waals surface area contributed by atoms with Crippen molar-refractivity contribution in [2.24, 2.45) is 0 Å². The van der Waals surface area contributed by atoms with Crippen LogP contribution in [-0.2, 0) is 4.79 Å². The minimum atomic E-state index is 0.223. The van der Waals surface area contributed by atoms with E-state index in [0.29, 0.717) is 13.0 Å². The fourth-order valence-electron chi connectivity index (χ4n) is 2.86. The predicted molar refractivity (Wildman–Crippen MR) is 94.2 cm³/mol. The lowest BCUT2D eigenvalue weighted by atomic mass is 10.2. The summed E-state index contributed by atoms with van der Waals surface area (Å²) in [5.41, 5.74) is 1.17. The fourth-order valence-corrected chi connectivity index (χ4v) is 2.86. The first kappa shape index (κ1) is 16.3. The van der Waals surface area contributed by atoms with Gasteiger partial charge in [0.15, 0.2) is 0 Å². The van der Waals surface area contributed by atoms with E-state index in [2.05, 4.69) is 9.88 Å². The second kappa shape index (κ2) is 8.34. The maximum atomic E-state index is 12.3. The molecule has 1 aromatic heterocycles. The summed E-state index contributed by atoms with van der Waals surface area (Å²) >= 11 is 0. The summed E-state index contributed by atoms with van der Waals surface area (Å²) in [5, 5.41) is 0. The highest BCUT2D eigenvalue weighted by atomic mass is 16.5. The SMILES string of the molecule is O=C(CCCOc1ccccc1)N1CCN(c2ccncc2)CC1. The number of amides is 1. The van der Waals surface area contributed by atoms with Crippen molar-refractivity contribution >= 4 is 11.6 Å². The van der Waals surface area contributed by atoms with Gasteiger partial charge in [0.05, 0.1) is 6.61 Å². The molecule has 1 fully saturated rings. The summed E-state index contributed by atoms with van der Waals surface area (Å²) in [4.78, 5) is 20.6. The first-order chi connectivity index (χ1) is 11.8. The van der Waals surface area contributed by atoms with Gasteiger partial charge in [0.1, 0.15) is 5.75 Å². The standard InChI is InChI=1S/C19H23N3O2/c23-19(7-4-16-24-18-5-2-1-3-6-18)22-14-12-21(13-15-22)17-8-10-20-11-9-17/h1-3,5-6,8-11H,4,7,12-16H2. The number of aromatic nitrogens is 1. The third-order valence-corrected chi connectivity index (χ3v) is 4.21. The molecule has 0 N–H and O–H groups in total. The molecule has 2 heterocycles. The van der Waals surface area contributed by atoms with Crippen molar-refractivity contribution in [2.75, 3.05) is 37.7 Å². The van der Waals surface area contributed by atoms with Gasteiger partial charge in [-0.05, 0) is 30.7 Å². The van der Waals surface area contributed by atoms with E-state index in [1.165, 1.54) is 5.69 Å². The zero-order valence-electron chi connectivity index (χ0n) is 13.8. The number of hydrogen-bond acceptors (Lipinski definition) is 4. The molecular formula is C19H23N3O2. The van der Waals surface area contributed by atoms with Gasteiger partial charge in [-0.3, -0.25) is 9.78 Å². The summed E-state index contributed by atoms with van der Waals surface area (Å²) in [6.07, 6.45) is 4.90. The number of ether oxygens (including phenoxy) is 1. The quantitative estimate of drug-likeness (QED) is 0.766. The number of carbonyl (C=O) groups is 1. The van der Waals surface area contributed by atoms with Gasteiger partial charge in [-0.15, -0.1) is 0 Å². The van der Waals surface area contributed by atoms with Crippen molar-refractivity contribution < 1.29 is 9.53 Å². The van der Waals surface area contributed by atoms with Crippen LogP contribution in [0.3, 0.4) is 0 Å². The molecule has 2 aromatic rings. The Hall–Kier alpha value is -2.56. The van der Waals surface area contributed by atoms with E-state index in [1.54, 1.807) is 12.4 Å². The van der Waals surface area contributed by atoms with Gasteiger partial charge in [0, 0.05) is 50.7 Å². The minimum absolute atomic E-state index is 0.223. The van der Waals surface area contributed by atoms with Gasteiger partial charge in [-0.25, -0.2) is 0 Å². The maximum Gasteiger partial charge on any atom is 0.222 e. The van der Waals surface area contributed by atoms with E-state index in [0.717, 1.165) is 38.3 Å². The van der Waals surface area contributed by atoms with Gasteiger partial charge in [-0.2, -0.15) is 0 Å². The van der Waals surface area contributed by atoms with Crippen molar-refractivity contribution in [3.63, 3.8) is 0 Å². The molecule has 3 rings (SSSR count). The predicted octanol–water partition coefficient (Wildman–Crippen LogP) is 2.59. The molecule has 1 aromatic carbocycles. The van der Waals surface area contributed by atoms with Crippen molar-refractivity contribution in [2.45, 2.75) is 12.8 Å². The first-order valence-corrected chi connectivity index (χ1v) is 8.43. The van der Waals surface area contributed by atoms with E-state index in [-0.39, 0.29) is 5.91 Å². The lowest BCUT2D eigenvalue weighted by molar-refractivity contribution is -0.131. The molecule has 0 saturated carbocycles. The Bertz CT molecular complexity index is 626. The Kier molecular flexibility index (Phi) is 5.66. The zero-order valence-corrected chi connectivity index (χ0v) is 13.8. The third-order valence-electron chi connectivity index (χ3n) is 4.21. The van der Waals surface area contributed by atoms with Gasteiger partial charge in [0.25, 0.3) is 0 Å². The highest BCUT2D eigenvalue weighted by Gasteiger charge is 2.20. The minimum Gasteiger partial charge on any atom is -0.494 e. The number of carbonyl (C=O) groups excluding carboxylic acids is 1. The van der Waals surface area contributed by atoms with Crippen molar-refractivity contribution in [3.8, 4) is 5.75 Å². The number of anilines is 1. The zero-order chi connectivity index (χ0) is 16.6. The molecule has 0 bridgehead atoms. The fraction of sp³-hybridized carbons (Fsp3) is 0.368. The summed E-state index contributed by atoms with van der Waals surface area (Å²) in [5.74, 6) is 1.08. The Morgan fingerprint density at radius 2 is 1.71 bits per heavy atom. The summed E-state index contributed by atoms with van der Waals surface area (Å²) < 4.78 is 5.63. The number of nitrogens with zero attached hydrogens (tertiary/aromatic N) is 3. The molecule has 1 aliphatic heterocycles. The summed E-state index contributed by atoms with van der Waals surface area (Å²) in [6, 6.07) is 13.7. The molecule has 0 spiro atoms. The van der Waals surface area contributed by atoms with Crippen LogP contribution in [-0.4, -0.2) is 48.6 Å². The van der Waals surface area contributed by atoms with Crippen LogP contribution in [0.2, 0.25) is 0 Å².